The van der Waals surface area contributed by atoms with Gasteiger partial charge in [0.2, 0.25) is 5.95 Å². The molecule has 2 aromatic rings. The Morgan fingerprint density at radius 2 is 1.69 bits per heavy atom. The van der Waals surface area contributed by atoms with Crippen molar-refractivity contribution >= 4 is 35.0 Å². The second kappa shape index (κ2) is 8.63. The third kappa shape index (κ3) is 4.65. The molecule has 1 saturated heterocycles. The summed E-state index contributed by atoms with van der Waals surface area (Å²) < 4.78 is 4.51. The molecule has 0 unspecified atom stereocenters. The summed E-state index contributed by atoms with van der Waals surface area (Å²) in [4.78, 5) is 35.9. The number of ether oxygens (including phenoxy) is 1. The Labute approximate surface area is 168 Å². The van der Waals surface area contributed by atoms with E-state index in [9.17, 15) is 9.59 Å². The summed E-state index contributed by atoms with van der Waals surface area (Å²) in [6, 6.07) is 7.28. The minimum Gasteiger partial charge on any atom is -0.468 e. The third-order valence-corrected chi connectivity index (χ3v) is 4.81. The van der Waals surface area contributed by atoms with Crippen molar-refractivity contribution in [3.05, 3.63) is 35.5 Å². The lowest BCUT2D eigenvalue weighted by atomic mass is 10.1. The van der Waals surface area contributed by atoms with Gasteiger partial charge in [0, 0.05) is 37.4 Å². The fourth-order valence-corrected chi connectivity index (χ4v) is 3.34. The van der Waals surface area contributed by atoms with Gasteiger partial charge in [0.15, 0.2) is 5.82 Å². The van der Waals surface area contributed by atoms with Crippen molar-refractivity contribution < 1.29 is 14.3 Å². The maximum atomic E-state index is 12.1. The van der Waals surface area contributed by atoms with Crippen molar-refractivity contribution in [3.8, 4) is 0 Å². The van der Waals surface area contributed by atoms with Gasteiger partial charge >= 0.3 is 5.97 Å². The number of amides is 1. The summed E-state index contributed by atoms with van der Waals surface area (Å²) in [5.74, 6) is -0.236. The second-order valence-electron chi connectivity index (χ2n) is 6.68. The Bertz CT molecular complexity index is 870. The SMILES string of the molecule is COC(=O)CNC(=O)c1ccc(N2CCN(c3c(C)nc(N)nc3N)CC2)cc1. The predicted molar refractivity (Wildman–Crippen MR) is 111 cm³/mol. The molecule has 2 heterocycles. The smallest absolute Gasteiger partial charge is 0.325 e. The van der Waals surface area contributed by atoms with Crippen LogP contribution in [0.1, 0.15) is 16.1 Å². The number of hydrogen-bond acceptors (Lipinski definition) is 9. The molecular weight excluding hydrogens is 374 g/mol. The van der Waals surface area contributed by atoms with Gasteiger partial charge in [0.05, 0.1) is 12.8 Å². The molecule has 1 aliphatic rings. The Morgan fingerprint density at radius 3 is 2.28 bits per heavy atom. The first kappa shape index (κ1) is 20.2. The predicted octanol–water partition coefficient (Wildman–Crippen LogP) is 0.179. The van der Waals surface area contributed by atoms with Crippen LogP contribution in [-0.2, 0) is 9.53 Å². The van der Waals surface area contributed by atoms with Crippen molar-refractivity contribution in [2.24, 2.45) is 0 Å². The molecular formula is C19H25N7O3. The number of aryl methyl sites for hydroxylation is 1. The average Bonchev–Trinajstić information content (AvgIpc) is 2.71. The molecule has 0 bridgehead atoms. The van der Waals surface area contributed by atoms with Crippen molar-refractivity contribution in [3.63, 3.8) is 0 Å². The second-order valence-corrected chi connectivity index (χ2v) is 6.68. The molecule has 1 fully saturated rings. The summed E-state index contributed by atoms with van der Waals surface area (Å²) in [6.45, 7) is 4.82. The van der Waals surface area contributed by atoms with Crippen molar-refractivity contribution in [1.29, 1.82) is 0 Å². The summed E-state index contributed by atoms with van der Waals surface area (Å²) in [5.41, 5.74) is 14.8. The van der Waals surface area contributed by atoms with E-state index in [4.69, 9.17) is 11.5 Å². The van der Waals surface area contributed by atoms with Gasteiger partial charge < -0.3 is 31.3 Å². The number of nitrogens with one attached hydrogen (secondary N) is 1. The van der Waals surface area contributed by atoms with E-state index in [2.05, 4.69) is 29.8 Å². The van der Waals surface area contributed by atoms with Crippen LogP contribution in [0.2, 0.25) is 0 Å². The Hall–Kier alpha value is -3.56. The zero-order valence-corrected chi connectivity index (χ0v) is 16.5. The van der Waals surface area contributed by atoms with E-state index in [0.717, 1.165) is 43.2 Å². The zero-order valence-electron chi connectivity index (χ0n) is 16.5. The van der Waals surface area contributed by atoms with Crippen molar-refractivity contribution in [1.82, 2.24) is 15.3 Å². The largest absolute Gasteiger partial charge is 0.468 e. The molecule has 10 nitrogen and oxygen atoms in total. The topological polar surface area (TPSA) is 140 Å². The highest BCUT2D eigenvalue weighted by atomic mass is 16.5. The van der Waals surface area contributed by atoms with E-state index in [-0.39, 0.29) is 18.4 Å². The van der Waals surface area contributed by atoms with E-state index in [0.29, 0.717) is 11.4 Å². The minimum absolute atomic E-state index is 0.156. The van der Waals surface area contributed by atoms with E-state index in [1.54, 1.807) is 12.1 Å². The molecule has 154 valence electrons. The van der Waals surface area contributed by atoms with E-state index >= 15 is 0 Å². The van der Waals surface area contributed by atoms with Gasteiger partial charge in [0.1, 0.15) is 12.2 Å². The fourth-order valence-electron chi connectivity index (χ4n) is 3.34. The monoisotopic (exact) mass is 399 g/mol. The lowest BCUT2D eigenvalue weighted by Gasteiger charge is -2.38. The number of nitrogens with two attached hydrogens (primary N) is 2. The van der Waals surface area contributed by atoms with Gasteiger partial charge in [-0.25, -0.2) is 4.98 Å². The standard InChI is InChI=1S/C19H25N7O3/c1-12-16(17(20)24-19(21)23-12)26-9-7-25(8-10-26)14-5-3-13(4-6-14)18(28)22-11-15(27)29-2/h3-6H,7-11H2,1-2H3,(H,22,28)(H4,20,21,23,24). The molecule has 0 radical (unpaired) electrons. The number of carbonyl (C=O) groups is 2. The van der Waals surface area contributed by atoms with Gasteiger partial charge in [0.25, 0.3) is 5.91 Å². The van der Waals surface area contributed by atoms with Gasteiger partial charge in [-0.1, -0.05) is 0 Å². The molecule has 0 aliphatic carbocycles. The minimum atomic E-state index is -0.491. The highest BCUT2D eigenvalue weighted by Gasteiger charge is 2.22. The van der Waals surface area contributed by atoms with Crippen LogP contribution in [-0.4, -0.2) is 61.7 Å². The number of hydrogen-bond donors (Lipinski definition) is 3. The Morgan fingerprint density at radius 1 is 1.07 bits per heavy atom. The molecule has 10 heteroatoms. The van der Waals surface area contributed by atoms with Crippen LogP contribution >= 0.6 is 0 Å². The van der Waals surface area contributed by atoms with E-state index in [1.807, 2.05) is 19.1 Å². The third-order valence-electron chi connectivity index (χ3n) is 4.81. The van der Waals surface area contributed by atoms with Gasteiger partial charge in [-0.05, 0) is 31.2 Å². The van der Waals surface area contributed by atoms with Gasteiger partial charge in [-0.2, -0.15) is 4.98 Å². The molecule has 5 N–H and O–H groups in total. The summed E-state index contributed by atoms with van der Waals surface area (Å²) >= 11 is 0. The van der Waals surface area contributed by atoms with E-state index in [1.165, 1.54) is 7.11 Å². The highest BCUT2D eigenvalue weighted by molar-refractivity contribution is 5.96. The highest BCUT2D eigenvalue weighted by Crippen LogP contribution is 2.27. The molecule has 29 heavy (non-hydrogen) atoms. The quantitative estimate of drug-likeness (QED) is 0.601. The van der Waals surface area contributed by atoms with Crippen LogP contribution in [0.4, 0.5) is 23.1 Å². The fraction of sp³-hybridized carbons (Fsp3) is 0.368. The molecule has 0 atom stereocenters. The average molecular weight is 399 g/mol. The van der Waals surface area contributed by atoms with E-state index < -0.39 is 5.97 Å². The number of piperazine rings is 1. The number of esters is 1. The normalized spacial score (nSPS) is 13.9. The lowest BCUT2D eigenvalue weighted by molar-refractivity contribution is -0.139. The molecule has 0 spiro atoms. The number of rotatable bonds is 5. The molecule has 0 saturated carbocycles. The van der Waals surface area contributed by atoms with Gasteiger partial charge in [-0.15, -0.1) is 0 Å². The Kier molecular flexibility index (Phi) is 6.01. The van der Waals surface area contributed by atoms with Crippen LogP contribution in [0.15, 0.2) is 24.3 Å². The van der Waals surface area contributed by atoms with Gasteiger partial charge in [-0.3, -0.25) is 9.59 Å². The zero-order chi connectivity index (χ0) is 21.0. The first-order chi connectivity index (χ1) is 13.9. The van der Waals surface area contributed by atoms with Crippen LogP contribution in [0.25, 0.3) is 0 Å². The number of carbonyl (C=O) groups excluding carboxylic acids is 2. The van der Waals surface area contributed by atoms with Crippen LogP contribution in [0.3, 0.4) is 0 Å². The maximum absolute atomic E-state index is 12.1. The molecule has 1 aromatic heterocycles. The molecule has 1 aromatic carbocycles. The number of nitrogen functional groups attached to an aromatic ring is 2. The number of nitrogens with zero attached hydrogens (tertiary/aromatic N) is 4. The maximum Gasteiger partial charge on any atom is 0.325 e. The number of anilines is 4. The number of methoxy groups -OCH3 is 1. The van der Waals surface area contributed by atoms with Crippen molar-refractivity contribution in [2.75, 3.05) is 61.1 Å². The molecule has 1 aliphatic heterocycles. The van der Waals surface area contributed by atoms with Crippen LogP contribution in [0.5, 0.6) is 0 Å². The first-order valence-corrected chi connectivity index (χ1v) is 9.23. The van der Waals surface area contributed by atoms with Crippen molar-refractivity contribution in [2.45, 2.75) is 6.92 Å². The summed E-state index contributed by atoms with van der Waals surface area (Å²) in [6.07, 6.45) is 0. The lowest BCUT2D eigenvalue weighted by Crippen LogP contribution is -2.47. The van der Waals surface area contributed by atoms with Crippen LogP contribution < -0.4 is 26.6 Å². The molecule has 3 rings (SSSR count). The number of benzene rings is 1. The van der Waals surface area contributed by atoms with Crippen LogP contribution in [0, 0.1) is 6.92 Å². The Balaban J connectivity index is 1.60. The summed E-state index contributed by atoms with van der Waals surface area (Å²) in [5, 5.41) is 2.52. The first-order valence-electron chi connectivity index (χ1n) is 9.23. The summed E-state index contributed by atoms with van der Waals surface area (Å²) in [7, 11) is 1.28. The number of aromatic nitrogens is 2. The molecule has 1 amide bonds.